The molecule has 5 N–H and O–H groups in total. The summed E-state index contributed by atoms with van der Waals surface area (Å²) in [6.45, 7) is 2.81. The van der Waals surface area contributed by atoms with Crippen LogP contribution in [-0.4, -0.2) is 46.5 Å². The third-order valence-electron chi connectivity index (χ3n) is 5.49. The molecule has 5 rings (SSSR count). The van der Waals surface area contributed by atoms with Crippen molar-refractivity contribution in [1.29, 1.82) is 0 Å². The summed E-state index contributed by atoms with van der Waals surface area (Å²) in [4.78, 5) is 26.0. The van der Waals surface area contributed by atoms with Crippen molar-refractivity contribution < 1.29 is 0 Å². The highest BCUT2D eigenvalue weighted by Gasteiger charge is 2.23. The minimum Gasteiger partial charge on any atom is -0.397 e. The number of para-hydroxylation sites is 2. The minimum atomic E-state index is -0.241. The van der Waals surface area contributed by atoms with Gasteiger partial charge >= 0.3 is 0 Å². The second-order valence-electron chi connectivity index (χ2n) is 7.38. The standard InChI is InChI=1S/C21H22N6O/c1-27-10-9-23-16(11-27)12-5-4-8-15-17(12)19(22)18(21(28)26-15)20-24-13-6-2-3-7-14(13)25-20/h2-8,16,23H,9-11H2,1H3,(H,24,25)(H3,22,26,28). The van der Waals surface area contributed by atoms with Crippen LogP contribution in [0.1, 0.15) is 11.6 Å². The summed E-state index contributed by atoms with van der Waals surface area (Å²) in [5, 5.41) is 4.45. The lowest BCUT2D eigenvalue weighted by Crippen LogP contribution is -2.43. The molecule has 1 atom stereocenters. The van der Waals surface area contributed by atoms with Crippen molar-refractivity contribution in [1.82, 2.24) is 25.2 Å². The summed E-state index contributed by atoms with van der Waals surface area (Å²) in [5.41, 5.74) is 10.7. The number of nitrogen functional groups attached to an aromatic ring is 1. The van der Waals surface area contributed by atoms with E-state index in [1.165, 1.54) is 0 Å². The number of nitrogens with two attached hydrogens (primary N) is 1. The summed E-state index contributed by atoms with van der Waals surface area (Å²) in [6.07, 6.45) is 0. The largest absolute Gasteiger partial charge is 0.397 e. The Kier molecular flexibility index (Phi) is 3.92. The molecule has 1 aliphatic heterocycles. The van der Waals surface area contributed by atoms with Gasteiger partial charge in [0.25, 0.3) is 5.56 Å². The van der Waals surface area contributed by atoms with E-state index in [0.717, 1.165) is 47.1 Å². The quantitative estimate of drug-likeness (QED) is 0.431. The Labute approximate surface area is 161 Å². The van der Waals surface area contributed by atoms with Crippen molar-refractivity contribution in [3.63, 3.8) is 0 Å². The van der Waals surface area contributed by atoms with E-state index in [1.807, 2.05) is 36.4 Å². The van der Waals surface area contributed by atoms with Crippen LogP contribution >= 0.6 is 0 Å². The number of fused-ring (bicyclic) bond motifs is 2. The third-order valence-corrected chi connectivity index (χ3v) is 5.49. The number of benzene rings is 2. The smallest absolute Gasteiger partial charge is 0.261 e. The van der Waals surface area contributed by atoms with E-state index >= 15 is 0 Å². The zero-order valence-corrected chi connectivity index (χ0v) is 15.6. The molecule has 0 spiro atoms. The molecule has 0 amide bonds. The van der Waals surface area contributed by atoms with Gasteiger partial charge in [-0.3, -0.25) is 4.79 Å². The lowest BCUT2D eigenvalue weighted by atomic mass is 9.96. The molecule has 3 heterocycles. The molecule has 1 saturated heterocycles. The summed E-state index contributed by atoms with van der Waals surface area (Å²) >= 11 is 0. The molecule has 0 radical (unpaired) electrons. The predicted octanol–water partition coefficient (Wildman–Crippen LogP) is 2.23. The fraction of sp³-hybridized carbons (Fsp3) is 0.238. The Morgan fingerprint density at radius 1 is 1.11 bits per heavy atom. The number of nitrogens with one attached hydrogen (secondary N) is 3. The first-order chi connectivity index (χ1) is 13.6. The molecule has 142 valence electrons. The first-order valence-corrected chi connectivity index (χ1v) is 9.43. The molecule has 0 bridgehead atoms. The fourth-order valence-electron chi connectivity index (χ4n) is 4.11. The number of pyridine rings is 1. The average Bonchev–Trinajstić information content (AvgIpc) is 3.11. The summed E-state index contributed by atoms with van der Waals surface area (Å²) < 4.78 is 0. The molecular formula is C21H22N6O. The fourth-order valence-corrected chi connectivity index (χ4v) is 4.11. The van der Waals surface area contributed by atoms with Crippen molar-refractivity contribution in [2.75, 3.05) is 32.4 Å². The monoisotopic (exact) mass is 374 g/mol. The summed E-state index contributed by atoms with van der Waals surface area (Å²) in [7, 11) is 2.12. The van der Waals surface area contributed by atoms with E-state index in [-0.39, 0.29) is 11.6 Å². The Morgan fingerprint density at radius 3 is 2.75 bits per heavy atom. The van der Waals surface area contributed by atoms with Gasteiger partial charge in [-0.25, -0.2) is 4.98 Å². The molecule has 0 aliphatic carbocycles. The molecule has 0 saturated carbocycles. The van der Waals surface area contributed by atoms with Gasteiger partial charge in [0, 0.05) is 31.1 Å². The number of aromatic amines is 2. The van der Waals surface area contributed by atoms with Crippen molar-refractivity contribution in [2.24, 2.45) is 0 Å². The number of likely N-dealkylation sites (N-methyl/N-ethyl adjacent to an activating group) is 1. The predicted molar refractivity (Wildman–Crippen MR) is 112 cm³/mol. The van der Waals surface area contributed by atoms with Crippen LogP contribution in [0, 0.1) is 0 Å². The molecule has 4 aromatic rings. The maximum Gasteiger partial charge on any atom is 0.261 e. The van der Waals surface area contributed by atoms with E-state index in [1.54, 1.807) is 0 Å². The number of hydrogen-bond donors (Lipinski definition) is 4. The molecule has 1 fully saturated rings. The van der Waals surface area contributed by atoms with E-state index in [4.69, 9.17) is 5.73 Å². The Hall–Kier alpha value is -3.16. The van der Waals surface area contributed by atoms with E-state index < -0.39 is 0 Å². The lowest BCUT2D eigenvalue weighted by molar-refractivity contribution is 0.241. The molecule has 7 nitrogen and oxygen atoms in total. The SMILES string of the molecule is CN1CCNC(c2cccc3[nH]c(=O)c(-c4nc5ccccc5[nH]4)c(N)c23)C1. The van der Waals surface area contributed by atoms with Gasteiger partial charge in [0.05, 0.1) is 22.2 Å². The zero-order chi connectivity index (χ0) is 19.3. The van der Waals surface area contributed by atoms with E-state index in [9.17, 15) is 4.79 Å². The Morgan fingerprint density at radius 2 is 1.93 bits per heavy atom. The summed E-state index contributed by atoms with van der Waals surface area (Å²) in [5.74, 6) is 0.491. The Balaban J connectivity index is 1.74. The Bertz CT molecular complexity index is 1210. The molecule has 28 heavy (non-hydrogen) atoms. The van der Waals surface area contributed by atoms with Crippen LogP contribution < -0.4 is 16.6 Å². The number of rotatable bonds is 2. The van der Waals surface area contributed by atoms with Crippen LogP contribution in [0.4, 0.5) is 5.69 Å². The van der Waals surface area contributed by atoms with E-state index in [0.29, 0.717) is 17.1 Å². The van der Waals surface area contributed by atoms with Gasteiger partial charge < -0.3 is 25.9 Å². The van der Waals surface area contributed by atoms with Crippen LogP contribution in [0.15, 0.2) is 47.3 Å². The summed E-state index contributed by atoms with van der Waals surface area (Å²) in [6, 6.07) is 13.8. The first kappa shape index (κ1) is 17.0. The molecule has 2 aromatic carbocycles. The maximum absolute atomic E-state index is 12.9. The normalized spacial score (nSPS) is 18.1. The first-order valence-electron chi connectivity index (χ1n) is 9.43. The van der Waals surface area contributed by atoms with Crippen LogP contribution in [0.3, 0.4) is 0 Å². The van der Waals surface area contributed by atoms with Gasteiger partial charge in [0.15, 0.2) is 0 Å². The van der Waals surface area contributed by atoms with Crippen molar-refractivity contribution >= 4 is 27.6 Å². The lowest BCUT2D eigenvalue weighted by Gasteiger charge is -2.32. The number of piperazine rings is 1. The molecule has 2 aromatic heterocycles. The second-order valence-corrected chi connectivity index (χ2v) is 7.38. The van der Waals surface area contributed by atoms with Gasteiger partial charge in [0.2, 0.25) is 0 Å². The van der Waals surface area contributed by atoms with Gasteiger partial charge in [-0.05, 0) is 30.8 Å². The highest BCUT2D eigenvalue weighted by Crippen LogP contribution is 2.33. The van der Waals surface area contributed by atoms with Gasteiger partial charge in [-0.1, -0.05) is 24.3 Å². The van der Waals surface area contributed by atoms with E-state index in [2.05, 4.69) is 38.3 Å². The van der Waals surface area contributed by atoms with Crippen LogP contribution in [-0.2, 0) is 0 Å². The van der Waals surface area contributed by atoms with Crippen molar-refractivity contribution in [3.8, 4) is 11.4 Å². The van der Waals surface area contributed by atoms with Crippen LogP contribution in [0.2, 0.25) is 0 Å². The average molecular weight is 374 g/mol. The zero-order valence-electron chi connectivity index (χ0n) is 15.6. The van der Waals surface area contributed by atoms with Gasteiger partial charge in [0.1, 0.15) is 11.4 Å². The molecule has 1 aliphatic rings. The van der Waals surface area contributed by atoms with Crippen molar-refractivity contribution in [3.05, 3.63) is 58.4 Å². The minimum absolute atomic E-state index is 0.152. The second kappa shape index (κ2) is 6.47. The van der Waals surface area contributed by atoms with Crippen LogP contribution in [0.25, 0.3) is 33.3 Å². The maximum atomic E-state index is 12.9. The molecule has 1 unspecified atom stereocenters. The highest BCUT2D eigenvalue weighted by atomic mass is 16.1. The number of aromatic nitrogens is 3. The number of imidazole rings is 1. The topological polar surface area (TPSA) is 103 Å². The highest BCUT2D eigenvalue weighted by molar-refractivity contribution is 6.00. The third kappa shape index (κ3) is 2.67. The van der Waals surface area contributed by atoms with Crippen molar-refractivity contribution in [2.45, 2.75) is 6.04 Å². The number of anilines is 1. The number of nitrogens with zero attached hydrogens (tertiary/aromatic N) is 2. The number of H-pyrrole nitrogens is 2. The number of hydrogen-bond acceptors (Lipinski definition) is 5. The molecule has 7 heteroatoms. The van der Waals surface area contributed by atoms with Crippen LogP contribution in [0.5, 0.6) is 0 Å². The van der Waals surface area contributed by atoms with Gasteiger partial charge in [-0.2, -0.15) is 0 Å². The van der Waals surface area contributed by atoms with Gasteiger partial charge in [-0.15, -0.1) is 0 Å². The molecular weight excluding hydrogens is 352 g/mol.